The van der Waals surface area contributed by atoms with Crippen molar-refractivity contribution in [3.63, 3.8) is 0 Å². The Morgan fingerprint density at radius 2 is 1.78 bits per heavy atom. The highest BCUT2D eigenvalue weighted by molar-refractivity contribution is 5.84. The zero-order valence-corrected chi connectivity index (χ0v) is 14.8. The minimum atomic E-state index is -0.670. The van der Waals surface area contributed by atoms with Gasteiger partial charge in [-0.05, 0) is 28.7 Å². The number of fused-ring (bicyclic) bond motifs is 3. The number of hydrogen-bond acceptors (Lipinski definition) is 4. The predicted octanol–water partition coefficient (Wildman–Crippen LogP) is 3.53. The number of terminal acetylenes is 1. The molecule has 136 valence electrons. The fourth-order valence-electron chi connectivity index (χ4n) is 3.80. The lowest BCUT2D eigenvalue weighted by molar-refractivity contribution is -0.139. The third kappa shape index (κ3) is 3.04. The summed E-state index contributed by atoms with van der Waals surface area (Å²) < 4.78 is 10.6. The Morgan fingerprint density at radius 1 is 1.15 bits per heavy atom. The lowest BCUT2D eigenvalue weighted by Gasteiger charge is -2.21. The first kappa shape index (κ1) is 17.2. The summed E-state index contributed by atoms with van der Waals surface area (Å²) >= 11 is 0. The van der Waals surface area contributed by atoms with Crippen LogP contribution in [0.25, 0.3) is 11.1 Å². The maximum Gasteiger partial charge on any atom is 0.413 e. The molecule has 2 aliphatic rings. The van der Waals surface area contributed by atoms with E-state index in [1.807, 2.05) is 24.3 Å². The Kier molecular flexibility index (Phi) is 4.55. The standard InChI is InChI=1S/C22H19NO4/c1-2-3-12-20-21(24)27-14-23(20)22(25)26-13-19-17-10-6-4-8-15(17)16-9-5-7-11-18(16)19/h1,4-11,19-20H,3,12-14H2. The van der Waals surface area contributed by atoms with E-state index in [0.717, 1.165) is 11.1 Å². The van der Waals surface area contributed by atoms with Crippen molar-refractivity contribution in [2.24, 2.45) is 0 Å². The SMILES string of the molecule is C#CCCC1C(=O)OCN1C(=O)OCC1c2ccccc2-c2ccccc21. The number of esters is 1. The first-order valence-electron chi connectivity index (χ1n) is 8.92. The summed E-state index contributed by atoms with van der Waals surface area (Å²) in [5.41, 5.74) is 4.62. The van der Waals surface area contributed by atoms with Crippen molar-refractivity contribution in [1.29, 1.82) is 0 Å². The fourth-order valence-corrected chi connectivity index (χ4v) is 3.80. The van der Waals surface area contributed by atoms with Gasteiger partial charge in [0.2, 0.25) is 0 Å². The van der Waals surface area contributed by atoms with Gasteiger partial charge >= 0.3 is 12.1 Å². The fraction of sp³-hybridized carbons (Fsp3) is 0.273. The maximum absolute atomic E-state index is 12.6. The average molecular weight is 361 g/mol. The van der Waals surface area contributed by atoms with E-state index in [-0.39, 0.29) is 19.3 Å². The number of benzene rings is 2. The summed E-state index contributed by atoms with van der Waals surface area (Å²) in [6.07, 6.45) is 5.49. The molecule has 0 bridgehead atoms. The molecule has 1 amide bonds. The van der Waals surface area contributed by atoms with Gasteiger partial charge in [-0.15, -0.1) is 12.3 Å². The second kappa shape index (κ2) is 7.16. The lowest BCUT2D eigenvalue weighted by atomic mass is 9.98. The van der Waals surface area contributed by atoms with E-state index < -0.39 is 18.1 Å². The van der Waals surface area contributed by atoms with Gasteiger partial charge in [0.05, 0.1) is 0 Å². The average Bonchev–Trinajstić information content (AvgIpc) is 3.22. The van der Waals surface area contributed by atoms with Crippen LogP contribution in [0.15, 0.2) is 48.5 Å². The molecule has 1 saturated heterocycles. The number of hydrogen-bond donors (Lipinski definition) is 0. The largest absolute Gasteiger partial charge is 0.448 e. The Labute approximate surface area is 157 Å². The Balaban J connectivity index is 1.50. The van der Waals surface area contributed by atoms with Crippen LogP contribution in [0.3, 0.4) is 0 Å². The van der Waals surface area contributed by atoms with Crippen LogP contribution in [0.5, 0.6) is 0 Å². The Bertz CT molecular complexity index is 884. The zero-order valence-electron chi connectivity index (χ0n) is 14.8. The lowest BCUT2D eigenvalue weighted by Crippen LogP contribution is -2.39. The number of ether oxygens (including phenoxy) is 2. The van der Waals surface area contributed by atoms with Crippen LogP contribution in [0.1, 0.15) is 29.9 Å². The third-order valence-electron chi connectivity index (χ3n) is 5.13. The molecule has 1 atom stereocenters. The minimum Gasteiger partial charge on any atom is -0.448 e. The van der Waals surface area contributed by atoms with E-state index in [1.54, 1.807) is 0 Å². The molecule has 1 fully saturated rings. The van der Waals surface area contributed by atoms with Crippen LogP contribution in [0, 0.1) is 12.3 Å². The van der Waals surface area contributed by atoms with Crippen molar-refractivity contribution in [2.75, 3.05) is 13.3 Å². The molecule has 0 aromatic heterocycles. The molecule has 1 aliphatic heterocycles. The number of amides is 1. The quantitative estimate of drug-likeness (QED) is 0.617. The molecule has 27 heavy (non-hydrogen) atoms. The Hall–Kier alpha value is -3.26. The van der Waals surface area contributed by atoms with Gasteiger partial charge in [-0.2, -0.15) is 0 Å². The molecule has 0 spiro atoms. The minimum absolute atomic E-state index is 0.0234. The highest BCUT2D eigenvalue weighted by Gasteiger charge is 2.39. The van der Waals surface area contributed by atoms with Gasteiger partial charge in [0, 0.05) is 12.3 Å². The van der Waals surface area contributed by atoms with Gasteiger partial charge in [-0.25, -0.2) is 9.59 Å². The predicted molar refractivity (Wildman–Crippen MR) is 99.7 cm³/mol. The van der Waals surface area contributed by atoms with Crippen LogP contribution < -0.4 is 0 Å². The molecular formula is C22H19NO4. The summed E-state index contributed by atoms with van der Waals surface area (Å²) in [6, 6.07) is 15.6. The van der Waals surface area contributed by atoms with E-state index in [0.29, 0.717) is 12.8 Å². The molecule has 4 rings (SSSR count). The van der Waals surface area contributed by atoms with E-state index in [1.165, 1.54) is 16.0 Å². The van der Waals surface area contributed by atoms with Gasteiger partial charge in [-0.1, -0.05) is 48.5 Å². The first-order valence-corrected chi connectivity index (χ1v) is 8.92. The van der Waals surface area contributed by atoms with Crippen LogP contribution >= 0.6 is 0 Å². The van der Waals surface area contributed by atoms with Gasteiger partial charge in [0.15, 0.2) is 6.73 Å². The van der Waals surface area contributed by atoms with Gasteiger partial charge in [-0.3, -0.25) is 4.90 Å². The first-order chi connectivity index (χ1) is 13.2. The molecular weight excluding hydrogens is 342 g/mol. The topological polar surface area (TPSA) is 55.8 Å². The van der Waals surface area contributed by atoms with Crippen molar-refractivity contribution in [2.45, 2.75) is 24.8 Å². The number of rotatable bonds is 4. The smallest absolute Gasteiger partial charge is 0.413 e. The molecule has 1 unspecified atom stereocenters. The van der Waals surface area contributed by atoms with Gasteiger partial charge in [0.25, 0.3) is 0 Å². The molecule has 5 nitrogen and oxygen atoms in total. The van der Waals surface area contributed by atoms with Crippen LogP contribution in [-0.2, 0) is 14.3 Å². The molecule has 1 aliphatic carbocycles. The maximum atomic E-state index is 12.6. The van der Waals surface area contributed by atoms with E-state index in [9.17, 15) is 9.59 Å². The van der Waals surface area contributed by atoms with Crippen molar-refractivity contribution in [3.8, 4) is 23.5 Å². The van der Waals surface area contributed by atoms with Crippen LogP contribution in [0.4, 0.5) is 4.79 Å². The molecule has 0 saturated carbocycles. The van der Waals surface area contributed by atoms with Gasteiger partial charge < -0.3 is 9.47 Å². The van der Waals surface area contributed by atoms with Crippen molar-refractivity contribution in [3.05, 3.63) is 59.7 Å². The monoisotopic (exact) mass is 361 g/mol. The summed E-state index contributed by atoms with van der Waals surface area (Å²) in [4.78, 5) is 25.7. The van der Waals surface area contributed by atoms with Crippen molar-refractivity contribution < 1.29 is 19.1 Å². The van der Waals surface area contributed by atoms with Gasteiger partial charge in [0.1, 0.15) is 12.6 Å². The van der Waals surface area contributed by atoms with Crippen LogP contribution in [0.2, 0.25) is 0 Å². The molecule has 2 aromatic rings. The Morgan fingerprint density at radius 3 is 2.41 bits per heavy atom. The molecule has 5 heteroatoms. The number of carbonyl (C=O) groups excluding carboxylic acids is 2. The second-order valence-electron chi connectivity index (χ2n) is 6.62. The summed E-state index contributed by atoms with van der Waals surface area (Å²) in [5, 5.41) is 0. The zero-order chi connectivity index (χ0) is 18.8. The number of cyclic esters (lactones) is 1. The molecule has 1 heterocycles. The highest BCUT2D eigenvalue weighted by Crippen LogP contribution is 2.44. The highest BCUT2D eigenvalue weighted by atomic mass is 16.6. The molecule has 0 N–H and O–H groups in total. The van der Waals surface area contributed by atoms with Crippen molar-refractivity contribution >= 4 is 12.1 Å². The third-order valence-corrected chi connectivity index (χ3v) is 5.13. The summed E-state index contributed by atoms with van der Waals surface area (Å²) in [5.74, 6) is 2.03. The number of carbonyl (C=O) groups is 2. The van der Waals surface area contributed by atoms with Crippen LogP contribution in [-0.4, -0.2) is 36.3 Å². The molecule has 2 aromatic carbocycles. The number of nitrogens with zero attached hydrogens (tertiary/aromatic N) is 1. The second-order valence-corrected chi connectivity index (χ2v) is 6.62. The summed E-state index contributed by atoms with van der Waals surface area (Å²) in [6.45, 7) is 0.115. The molecule has 0 radical (unpaired) electrons. The summed E-state index contributed by atoms with van der Waals surface area (Å²) in [7, 11) is 0. The normalized spacial score (nSPS) is 17.8. The van der Waals surface area contributed by atoms with E-state index in [2.05, 4.69) is 30.2 Å². The van der Waals surface area contributed by atoms with E-state index in [4.69, 9.17) is 15.9 Å². The van der Waals surface area contributed by atoms with Crippen molar-refractivity contribution in [1.82, 2.24) is 4.90 Å². The van der Waals surface area contributed by atoms with E-state index >= 15 is 0 Å².